The lowest BCUT2D eigenvalue weighted by Gasteiger charge is -2.26. The lowest BCUT2D eigenvalue weighted by atomic mass is 9.96. The van der Waals surface area contributed by atoms with Gasteiger partial charge < -0.3 is 15.0 Å². The minimum atomic E-state index is 0.798. The number of ether oxygens (including phenoxy) is 1. The SMILES string of the molecule is CCc1cnc(CCNC(=NC)N(C)CCC2CCOCC2)s1. The van der Waals surface area contributed by atoms with E-state index >= 15 is 0 Å². The standard InChI is InChI=1S/C17H30N4OS/c1-4-15-13-20-16(23-15)5-9-19-17(18-2)21(3)10-6-14-7-11-22-12-8-14/h13-14H,4-12H2,1-3H3,(H,18,19). The molecule has 0 amide bonds. The summed E-state index contributed by atoms with van der Waals surface area (Å²) in [4.78, 5) is 12.4. The maximum absolute atomic E-state index is 5.43. The molecule has 1 aliphatic rings. The monoisotopic (exact) mass is 338 g/mol. The molecule has 0 aliphatic carbocycles. The van der Waals surface area contributed by atoms with Crippen molar-refractivity contribution < 1.29 is 4.74 Å². The molecular weight excluding hydrogens is 308 g/mol. The van der Waals surface area contributed by atoms with E-state index in [1.165, 1.54) is 29.1 Å². The average Bonchev–Trinajstić information content (AvgIpc) is 3.05. The number of rotatable bonds is 7. The molecule has 2 rings (SSSR count). The molecule has 0 spiro atoms. The second-order valence-corrected chi connectivity index (χ2v) is 7.26. The van der Waals surface area contributed by atoms with Crippen molar-refractivity contribution in [1.29, 1.82) is 0 Å². The molecule has 5 nitrogen and oxygen atoms in total. The van der Waals surface area contributed by atoms with Crippen LogP contribution < -0.4 is 5.32 Å². The van der Waals surface area contributed by atoms with Crippen molar-refractivity contribution in [3.05, 3.63) is 16.1 Å². The summed E-state index contributed by atoms with van der Waals surface area (Å²) in [5.74, 6) is 1.77. The summed E-state index contributed by atoms with van der Waals surface area (Å²) in [6.45, 7) is 5.95. The Balaban J connectivity index is 1.68. The van der Waals surface area contributed by atoms with E-state index in [-0.39, 0.29) is 0 Å². The number of nitrogens with one attached hydrogen (secondary N) is 1. The number of aliphatic imine (C=N–C) groups is 1. The fourth-order valence-electron chi connectivity index (χ4n) is 2.81. The van der Waals surface area contributed by atoms with Gasteiger partial charge in [0.25, 0.3) is 0 Å². The van der Waals surface area contributed by atoms with E-state index in [0.29, 0.717) is 0 Å². The molecule has 1 aliphatic heterocycles. The van der Waals surface area contributed by atoms with Crippen LogP contribution in [0.5, 0.6) is 0 Å². The summed E-state index contributed by atoms with van der Waals surface area (Å²) in [6.07, 6.45) is 7.63. The molecule has 0 atom stereocenters. The topological polar surface area (TPSA) is 49.8 Å². The van der Waals surface area contributed by atoms with Crippen molar-refractivity contribution in [2.24, 2.45) is 10.9 Å². The van der Waals surface area contributed by atoms with E-state index in [1.54, 1.807) is 0 Å². The number of aromatic nitrogens is 1. The highest BCUT2D eigenvalue weighted by Crippen LogP contribution is 2.18. The Hall–Kier alpha value is -1.14. The Bertz CT molecular complexity index is 483. The van der Waals surface area contributed by atoms with E-state index in [1.807, 2.05) is 24.6 Å². The Kier molecular flexibility index (Phi) is 7.82. The quantitative estimate of drug-likeness (QED) is 0.613. The minimum Gasteiger partial charge on any atom is -0.381 e. The van der Waals surface area contributed by atoms with Gasteiger partial charge in [-0.05, 0) is 31.6 Å². The highest BCUT2D eigenvalue weighted by atomic mass is 32.1. The van der Waals surface area contributed by atoms with Crippen LogP contribution in [0.1, 0.15) is 36.1 Å². The number of guanidine groups is 1. The van der Waals surface area contributed by atoms with Gasteiger partial charge in [-0.25, -0.2) is 4.98 Å². The highest BCUT2D eigenvalue weighted by Gasteiger charge is 2.15. The zero-order chi connectivity index (χ0) is 16.5. The summed E-state index contributed by atoms with van der Waals surface area (Å²) >= 11 is 1.81. The van der Waals surface area contributed by atoms with Crippen LogP contribution in [0.4, 0.5) is 0 Å². The van der Waals surface area contributed by atoms with Crippen LogP contribution in [0.2, 0.25) is 0 Å². The summed E-state index contributed by atoms with van der Waals surface area (Å²) in [7, 11) is 3.97. The predicted molar refractivity (Wildman–Crippen MR) is 97.3 cm³/mol. The normalized spacial score (nSPS) is 16.6. The summed E-state index contributed by atoms with van der Waals surface area (Å²) in [5, 5.41) is 4.65. The number of aryl methyl sites for hydroxylation is 1. The van der Waals surface area contributed by atoms with Crippen molar-refractivity contribution in [2.45, 2.75) is 39.0 Å². The van der Waals surface area contributed by atoms with Crippen LogP contribution in [0.25, 0.3) is 0 Å². The molecule has 0 aromatic carbocycles. The lowest BCUT2D eigenvalue weighted by Crippen LogP contribution is -2.40. The largest absolute Gasteiger partial charge is 0.381 e. The first-order valence-corrected chi connectivity index (χ1v) is 9.47. The molecular formula is C17H30N4OS. The number of thiazole rings is 1. The third-order valence-electron chi connectivity index (χ3n) is 4.36. The minimum absolute atomic E-state index is 0.798. The molecule has 23 heavy (non-hydrogen) atoms. The molecule has 1 fully saturated rings. The van der Waals surface area contributed by atoms with Crippen LogP contribution in [0, 0.1) is 5.92 Å². The second-order valence-electron chi connectivity index (χ2n) is 6.06. The van der Waals surface area contributed by atoms with E-state index in [2.05, 4.69) is 34.2 Å². The summed E-state index contributed by atoms with van der Waals surface area (Å²) in [6, 6.07) is 0. The van der Waals surface area contributed by atoms with Gasteiger partial charge in [-0.15, -0.1) is 11.3 Å². The van der Waals surface area contributed by atoms with E-state index in [9.17, 15) is 0 Å². The maximum atomic E-state index is 5.43. The fourth-order valence-corrected chi connectivity index (χ4v) is 3.67. The van der Waals surface area contributed by atoms with Gasteiger partial charge in [0.15, 0.2) is 5.96 Å². The first kappa shape index (κ1) is 18.2. The highest BCUT2D eigenvalue weighted by molar-refractivity contribution is 7.11. The van der Waals surface area contributed by atoms with Crippen molar-refractivity contribution >= 4 is 17.3 Å². The Morgan fingerprint density at radius 1 is 1.48 bits per heavy atom. The first-order valence-electron chi connectivity index (χ1n) is 8.66. The third kappa shape index (κ3) is 6.11. The second kappa shape index (κ2) is 9.88. The molecule has 1 aromatic heterocycles. The molecule has 6 heteroatoms. The molecule has 0 unspecified atom stereocenters. The van der Waals surface area contributed by atoms with Gasteiger partial charge in [0.05, 0.1) is 5.01 Å². The Morgan fingerprint density at radius 3 is 2.91 bits per heavy atom. The van der Waals surface area contributed by atoms with Gasteiger partial charge in [0, 0.05) is 57.9 Å². The number of nitrogens with zero attached hydrogens (tertiary/aromatic N) is 3. The molecule has 1 N–H and O–H groups in total. The molecule has 0 bridgehead atoms. The van der Waals surface area contributed by atoms with E-state index in [4.69, 9.17) is 4.74 Å². The summed E-state index contributed by atoms with van der Waals surface area (Å²) < 4.78 is 5.43. The Morgan fingerprint density at radius 2 is 2.26 bits per heavy atom. The molecule has 0 radical (unpaired) electrons. The molecule has 130 valence electrons. The molecule has 0 saturated carbocycles. The number of hydrogen-bond donors (Lipinski definition) is 1. The van der Waals surface area contributed by atoms with E-state index in [0.717, 1.165) is 51.0 Å². The van der Waals surface area contributed by atoms with Gasteiger partial charge in [-0.1, -0.05) is 6.92 Å². The van der Waals surface area contributed by atoms with Gasteiger partial charge in [0.2, 0.25) is 0 Å². The zero-order valence-corrected chi connectivity index (χ0v) is 15.5. The first-order chi connectivity index (χ1) is 11.2. The van der Waals surface area contributed by atoms with Crippen LogP contribution >= 0.6 is 11.3 Å². The average molecular weight is 339 g/mol. The van der Waals surface area contributed by atoms with Gasteiger partial charge in [-0.3, -0.25) is 4.99 Å². The zero-order valence-electron chi connectivity index (χ0n) is 14.7. The van der Waals surface area contributed by atoms with Gasteiger partial charge in [-0.2, -0.15) is 0 Å². The van der Waals surface area contributed by atoms with Crippen molar-refractivity contribution in [1.82, 2.24) is 15.2 Å². The van der Waals surface area contributed by atoms with Gasteiger partial charge >= 0.3 is 0 Å². The van der Waals surface area contributed by atoms with Crippen LogP contribution in [-0.2, 0) is 17.6 Å². The predicted octanol–water partition coefficient (Wildman–Crippen LogP) is 2.57. The smallest absolute Gasteiger partial charge is 0.193 e. The molecule has 1 saturated heterocycles. The van der Waals surface area contributed by atoms with Crippen LogP contribution in [0.15, 0.2) is 11.2 Å². The lowest BCUT2D eigenvalue weighted by molar-refractivity contribution is 0.0625. The fraction of sp³-hybridized carbons (Fsp3) is 0.765. The van der Waals surface area contributed by atoms with Crippen molar-refractivity contribution in [3.63, 3.8) is 0 Å². The third-order valence-corrected chi connectivity index (χ3v) is 5.56. The Labute approximate surface area is 144 Å². The van der Waals surface area contributed by atoms with Crippen molar-refractivity contribution in [3.8, 4) is 0 Å². The molecule has 1 aromatic rings. The van der Waals surface area contributed by atoms with Crippen LogP contribution in [-0.4, -0.2) is 56.2 Å². The van der Waals surface area contributed by atoms with Gasteiger partial charge in [0.1, 0.15) is 0 Å². The van der Waals surface area contributed by atoms with E-state index < -0.39 is 0 Å². The maximum Gasteiger partial charge on any atom is 0.193 e. The molecule has 2 heterocycles. The summed E-state index contributed by atoms with van der Waals surface area (Å²) in [5.41, 5.74) is 0. The van der Waals surface area contributed by atoms with Crippen molar-refractivity contribution in [2.75, 3.05) is 40.4 Å². The van der Waals surface area contributed by atoms with Crippen LogP contribution in [0.3, 0.4) is 0 Å². The number of hydrogen-bond acceptors (Lipinski definition) is 4.